The van der Waals surface area contributed by atoms with Crippen molar-refractivity contribution in [2.45, 2.75) is 6.04 Å². The average molecular weight is 262 g/mol. The number of phenolic OH excluding ortho intramolecular Hbond substituents is 1. The first-order chi connectivity index (χ1) is 9.16. The van der Waals surface area contributed by atoms with Crippen LogP contribution in [0.15, 0.2) is 29.4 Å². The summed E-state index contributed by atoms with van der Waals surface area (Å²) in [6.45, 7) is 1.05. The summed E-state index contributed by atoms with van der Waals surface area (Å²) in [7, 11) is 0. The van der Waals surface area contributed by atoms with Crippen molar-refractivity contribution in [2.75, 3.05) is 13.1 Å². The van der Waals surface area contributed by atoms with Gasteiger partial charge in [-0.15, -0.1) is 0 Å². The second kappa shape index (κ2) is 5.96. The number of nitrogens with zero attached hydrogens (tertiary/aromatic N) is 1. The van der Waals surface area contributed by atoms with Crippen molar-refractivity contribution in [3.8, 4) is 5.75 Å². The number of hydrogen-bond donors (Lipinski definition) is 4. The van der Waals surface area contributed by atoms with Gasteiger partial charge in [-0.2, -0.15) is 5.10 Å². The molecule has 1 aliphatic heterocycles. The van der Waals surface area contributed by atoms with E-state index >= 15 is 0 Å². The lowest BCUT2D eigenvalue weighted by molar-refractivity contribution is -0.133. The second-order valence-electron chi connectivity index (χ2n) is 4.01. The van der Waals surface area contributed by atoms with Crippen LogP contribution in [0.5, 0.6) is 5.75 Å². The normalized spacial score (nSPS) is 19.2. The van der Waals surface area contributed by atoms with E-state index in [4.69, 9.17) is 0 Å². The van der Waals surface area contributed by atoms with Crippen molar-refractivity contribution in [1.29, 1.82) is 0 Å². The van der Waals surface area contributed by atoms with E-state index in [1.807, 2.05) is 0 Å². The minimum atomic E-state index is -0.921. The lowest BCUT2D eigenvalue weighted by Gasteiger charge is -2.21. The van der Waals surface area contributed by atoms with Crippen molar-refractivity contribution in [3.05, 3.63) is 29.8 Å². The van der Waals surface area contributed by atoms with Gasteiger partial charge in [0, 0.05) is 13.1 Å². The molecular weight excluding hydrogens is 248 g/mol. The van der Waals surface area contributed by atoms with Crippen molar-refractivity contribution in [1.82, 2.24) is 16.1 Å². The van der Waals surface area contributed by atoms with Gasteiger partial charge in [-0.05, 0) is 17.7 Å². The summed E-state index contributed by atoms with van der Waals surface area (Å²) >= 11 is 0. The molecule has 19 heavy (non-hydrogen) atoms. The van der Waals surface area contributed by atoms with Gasteiger partial charge in [0.05, 0.1) is 6.21 Å². The van der Waals surface area contributed by atoms with Gasteiger partial charge in [-0.1, -0.05) is 12.1 Å². The molecule has 2 rings (SSSR count). The Morgan fingerprint density at radius 3 is 3.05 bits per heavy atom. The molecule has 7 heteroatoms. The Morgan fingerprint density at radius 1 is 1.47 bits per heavy atom. The Balaban J connectivity index is 1.91. The molecule has 0 aromatic heterocycles. The van der Waals surface area contributed by atoms with E-state index in [9.17, 15) is 14.7 Å². The van der Waals surface area contributed by atoms with Gasteiger partial charge in [-0.3, -0.25) is 14.9 Å². The summed E-state index contributed by atoms with van der Waals surface area (Å²) in [6, 6.07) is 5.50. The van der Waals surface area contributed by atoms with Crippen LogP contribution in [0.1, 0.15) is 5.56 Å². The smallest absolute Gasteiger partial charge is 0.266 e. The van der Waals surface area contributed by atoms with Gasteiger partial charge < -0.3 is 10.4 Å². The zero-order chi connectivity index (χ0) is 13.7. The number of phenols is 1. The van der Waals surface area contributed by atoms with Crippen molar-refractivity contribution in [2.24, 2.45) is 5.10 Å². The molecule has 0 spiro atoms. The third-order valence-corrected chi connectivity index (χ3v) is 2.56. The molecule has 1 fully saturated rings. The summed E-state index contributed by atoms with van der Waals surface area (Å²) in [5.74, 6) is -0.770. The highest BCUT2D eigenvalue weighted by atomic mass is 16.3. The Bertz CT molecular complexity index is 515. The molecule has 0 aliphatic carbocycles. The van der Waals surface area contributed by atoms with E-state index in [-0.39, 0.29) is 11.7 Å². The molecule has 100 valence electrons. The van der Waals surface area contributed by atoms with Crippen LogP contribution in [0.25, 0.3) is 0 Å². The predicted molar refractivity (Wildman–Crippen MR) is 68.6 cm³/mol. The molecule has 0 bridgehead atoms. The molecule has 1 aromatic rings. The Morgan fingerprint density at radius 2 is 2.32 bits per heavy atom. The number of aromatic hydroxyl groups is 1. The van der Waals surface area contributed by atoms with Crippen LogP contribution in [0.3, 0.4) is 0 Å². The number of rotatable bonds is 3. The number of carbonyl (C=O) groups is 2. The fraction of sp³-hybridized carbons (Fsp3) is 0.250. The van der Waals surface area contributed by atoms with Gasteiger partial charge >= 0.3 is 0 Å². The Labute approximate surface area is 109 Å². The van der Waals surface area contributed by atoms with Crippen LogP contribution < -0.4 is 16.1 Å². The van der Waals surface area contributed by atoms with Crippen LogP contribution >= 0.6 is 0 Å². The first kappa shape index (κ1) is 13.0. The molecule has 1 aromatic carbocycles. The van der Waals surface area contributed by atoms with E-state index in [2.05, 4.69) is 21.2 Å². The van der Waals surface area contributed by atoms with Gasteiger partial charge in [-0.25, -0.2) is 5.43 Å². The molecule has 2 amide bonds. The quantitative estimate of drug-likeness (QED) is 0.316. The highest BCUT2D eigenvalue weighted by Crippen LogP contribution is 2.08. The molecule has 1 aliphatic rings. The lowest BCUT2D eigenvalue weighted by Crippen LogP contribution is -2.58. The minimum absolute atomic E-state index is 0.114. The number of hydrazone groups is 1. The Hall–Kier alpha value is -2.41. The number of nitrogens with one attached hydrogen (secondary N) is 3. The van der Waals surface area contributed by atoms with Gasteiger partial charge in [0.2, 0.25) is 5.91 Å². The molecule has 1 saturated heterocycles. The van der Waals surface area contributed by atoms with Crippen LogP contribution in [0.4, 0.5) is 0 Å². The van der Waals surface area contributed by atoms with Gasteiger partial charge in [0.15, 0.2) is 6.04 Å². The van der Waals surface area contributed by atoms with Crippen LogP contribution in [-0.2, 0) is 9.59 Å². The number of carbonyl (C=O) groups excluding carboxylic acids is 2. The maximum atomic E-state index is 11.7. The second-order valence-corrected chi connectivity index (χ2v) is 4.01. The highest BCUT2D eigenvalue weighted by molar-refractivity contribution is 6.04. The first-order valence-electron chi connectivity index (χ1n) is 5.80. The van der Waals surface area contributed by atoms with E-state index < -0.39 is 11.9 Å². The van der Waals surface area contributed by atoms with Crippen molar-refractivity contribution in [3.63, 3.8) is 0 Å². The number of amides is 2. The maximum absolute atomic E-state index is 11.7. The average Bonchev–Trinajstić information content (AvgIpc) is 2.39. The zero-order valence-corrected chi connectivity index (χ0v) is 10.1. The largest absolute Gasteiger partial charge is 0.508 e. The molecule has 1 heterocycles. The molecule has 1 atom stereocenters. The SMILES string of the molecule is O=C1NCCNC1C(=O)N/N=C/c1cccc(O)c1. The summed E-state index contributed by atoms with van der Waals surface area (Å²) in [5.41, 5.74) is 2.92. The standard InChI is InChI=1S/C12H14N4O3/c17-9-3-1-2-8(6-9)7-15-16-12(19)10-11(18)14-5-4-13-10/h1-3,6-7,10,13,17H,4-5H2,(H,14,18)(H,16,19)/b15-7+. The highest BCUT2D eigenvalue weighted by Gasteiger charge is 2.28. The Kier molecular flexibility index (Phi) is 4.09. The first-order valence-corrected chi connectivity index (χ1v) is 5.80. The van der Waals surface area contributed by atoms with Crippen LogP contribution in [0.2, 0.25) is 0 Å². The van der Waals surface area contributed by atoms with Gasteiger partial charge in [0.1, 0.15) is 5.75 Å². The van der Waals surface area contributed by atoms with Gasteiger partial charge in [0.25, 0.3) is 5.91 Å². The van der Waals surface area contributed by atoms with E-state index in [0.29, 0.717) is 18.7 Å². The van der Waals surface area contributed by atoms with Crippen molar-refractivity contribution >= 4 is 18.0 Å². The topological polar surface area (TPSA) is 103 Å². The van der Waals surface area contributed by atoms with E-state index in [0.717, 1.165) is 0 Å². The summed E-state index contributed by atoms with van der Waals surface area (Å²) < 4.78 is 0. The fourth-order valence-corrected chi connectivity index (χ4v) is 1.65. The fourth-order valence-electron chi connectivity index (χ4n) is 1.65. The van der Waals surface area contributed by atoms with Crippen LogP contribution in [0, 0.1) is 0 Å². The molecule has 0 saturated carbocycles. The monoisotopic (exact) mass is 262 g/mol. The molecular formula is C12H14N4O3. The predicted octanol–water partition coefficient (Wildman–Crippen LogP) is -1.07. The number of benzene rings is 1. The summed E-state index contributed by atoms with van der Waals surface area (Å²) in [6.07, 6.45) is 1.39. The lowest BCUT2D eigenvalue weighted by atomic mass is 10.2. The maximum Gasteiger partial charge on any atom is 0.266 e. The van der Waals surface area contributed by atoms with E-state index in [1.54, 1.807) is 12.1 Å². The third kappa shape index (κ3) is 3.52. The molecule has 7 nitrogen and oxygen atoms in total. The third-order valence-electron chi connectivity index (χ3n) is 2.56. The number of hydrogen-bond acceptors (Lipinski definition) is 5. The summed E-state index contributed by atoms with van der Waals surface area (Å²) in [5, 5.41) is 18.4. The molecule has 1 unspecified atom stereocenters. The number of piperazine rings is 1. The van der Waals surface area contributed by atoms with Crippen molar-refractivity contribution < 1.29 is 14.7 Å². The summed E-state index contributed by atoms with van der Waals surface area (Å²) in [4.78, 5) is 23.1. The molecule has 4 N–H and O–H groups in total. The van der Waals surface area contributed by atoms with E-state index in [1.165, 1.54) is 18.3 Å². The molecule has 0 radical (unpaired) electrons. The zero-order valence-electron chi connectivity index (χ0n) is 10.1. The minimum Gasteiger partial charge on any atom is -0.508 e. The van der Waals surface area contributed by atoms with Crippen LogP contribution in [-0.4, -0.2) is 42.3 Å².